The lowest BCUT2D eigenvalue weighted by Crippen LogP contribution is -2.14. The van der Waals surface area contributed by atoms with Gasteiger partial charge in [-0.1, -0.05) is 30.0 Å². The number of benzene rings is 1. The summed E-state index contributed by atoms with van der Waals surface area (Å²) in [4.78, 5) is 29.0. The number of anilines is 1. The highest BCUT2D eigenvalue weighted by atomic mass is 32.2. The zero-order chi connectivity index (χ0) is 21.2. The van der Waals surface area contributed by atoms with Gasteiger partial charge in [-0.2, -0.15) is 0 Å². The van der Waals surface area contributed by atoms with Gasteiger partial charge in [-0.25, -0.2) is 9.97 Å². The molecule has 0 aliphatic rings. The number of aromatic nitrogens is 3. The normalized spacial score (nSPS) is 11.2. The fourth-order valence-corrected chi connectivity index (χ4v) is 3.10. The van der Waals surface area contributed by atoms with Crippen LogP contribution in [0.15, 0.2) is 66.2 Å². The van der Waals surface area contributed by atoms with Gasteiger partial charge >= 0.3 is 0 Å². The smallest absolute Gasteiger partial charge is 0.275 e. The maximum absolute atomic E-state index is 12.4. The van der Waals surface area contributed by atoms with Crippen LogP contribution >= 0.6 is 11.8 Å². The third-order valence-electron chi connectivity index (χ3n) is 3.86. The van der Waals surface area contributed by atoms with E-state index in [0.29, 0.717) is 35.6 Å². The number of ether oxygens (including phenoxy) is 1. The monoisotopic (exact) mass is 422 g/mol. The summed E-state index contributed by atoms with van der Waals surface area (Å²) in [7, 11) is 0. The molecule has 0 spiro atoms. The van der Waals surface area contributed by atoms with Gasteiger partial charge in [-0.15, -0.1) is 0 Å². The predicted octanol–water partition coefficient (Wildman–Crippen LogP) is 3.27. The number of hydrogen-bond acceptors (Lipinski definition) is 7. The minimum atomic E-state index is -0.349. The van der Waals surface area contributed by atoms with Gasteiger partial charge in [0.25, 0.3) is 5.91 Å². The first-order valence-corrected chi connectivity index (χ1v) is 10.3. The average molecular weight is 423 g/mol. The molecule has 1 aromatic carbocycles. The fraction of sp³-hybridized carbons (Fsp3) is 0.190. The molecule has 2 aromatic heterocycles. The van der Waals surface area contributed by atoms with Gasteiger partial charge in [0, 0.05) is 23.8 Å². The SMILES string of the molecule is CCOc1cnc(C(=O)Nc2cccc(C/N=C(/N)SCc3cccnc3)c2)cn1. The molecule has 0 saturated heterocycles. The van der Waals surface area contributed by atoms with E-state index in [1.165, 1.54) is 24.2 Å². The van der Waals surface area contributed by atoms with Gasteiger partial charge in [0.1, 0.15) is 5.69 Å². The van der Waals surface area contributed by atoms with E-state index < -0.39 is 0 Å². The quantitative estimate of drug-likeness (QED) is 0.423. The van der Waals surface area contributed by atoms with Crippen LogP contribution in [0.4, 0.5) is 5.69 Å². The molecule has 30 heavy (non-hydrogen) atoms. The minimum absolute atomic E-state index is 0.206. The summed E-state index contributed by atoms with van der Waals surface area (Å²) in [6.07, 6.45) is 6.35. The van der Waals surface area contributed by atoms with Crippen molar-refractivity contribution < 1.29 is 9.53 Å². The van der Waals surface area contributed by atoms with Crippen molar-refractivity contribution in [2.45, 2.75) is 19.2 Å². The van der Waals surface area contributed by atoms with Crippen LogP contribution in [0.2, 0.25) is 0 Å². The van der Waals surface area contributed by atoms with Crippen LogP contribution in [0.3, 0.4) is 0 Å². The third-order valence-corrected chi connectivity index (χ3v) is 4.77. The number of amides is 1. The number of nitrogens with zero attached hydrogens (tertiary/aromatic N) is 4. The van der Waals surface area contributed by atoms with E-state index in [1.54, 1.807) is 18.5 Å². The lowest BCUT2D eigenvalue weighted by molar-refractivity contribution is 0.102. The number of pyridine rings is 1. The zero-order valence-corrected chi connectivity index (χ0v) is 17.3. The Labute approximate surface area is 179 Å². The number of nitrogens with two attached hydrogens (primary N) is 1. The number of carbonyl (C=O) groups excluding carboxylic acids is 1. The zero-order valence-electron chi connectivity index (χ0n) is 16.5. The van der Waals surface area contributed by atoms with E-state index >= 15 is 0 Å². The average Bonchev–Trinajstić information content (AvgIpc) is 2.78. The second-order valence-corrected chi connectivity index (χ2v) is 7.13. The van der Waals surface area contributed by atoms with Crippen molar-refractivity contribution >= 4 is 28.5 Å². The first-order valence-electron chi connectivity index (χ1n) is 9.31. The third kappa shape index (κ3) is 6.56. The van der Waals surface area contributed by atoms with Gasteiger partial charge in [-0.05, 0) is 36.2 Å². The molecule has 0 bridgehead atoms. The van der Waals surface area contributed by atoms with E-state index in [-0.39, 0.29) is 11.6 Å². The van der Waals surface area contributed by atoms with Crippen LogP contribution in [0.5, 0.6) is 5.88 Å². The summed E-state index contributed by atoms with van der Waals surface area (Å²) in [6, 6.07) is 11.3. The van der Waals surface area contributed by atoms with Crippen molar-refractivity contribution in [3.63, 3.8) is 0 Å². The van der Waals surface area contributed by atoms with Crippen molar-refractivity contribution in [3.05, 3.63) is 78.0 Å². The molecule has 0 fully saturated rings. The van der Waals surface area contributed by atoms with E-state index in [0.717, 1.165) is 11.1 Å². The van der Waals surface area contributed by atoms with Crippen LogP contribution in [-0.4, -0.2) is 32.6 Å². The van der Waals surface area contributed by atoms with Crippen LogP contribution in [0.1, 0.15) is 28.5 Å². The summed E-state index contributed by atoms with van der Waals surface area (Å²) in [5.41, 5.74) is 8.86. The highest BCUT2D eigenvalue weighted by Gasteiger charge is 2.09. The molecular weight excluding hydrogens is 400 g/mol. The molecule has 0 radical (unpaired) electrons. The Morgan fingerprint density at radius 2 is 2.03 bits per heavy atom. The highest BCUT2D eigenvalue weighted by molar-refractivity contribution is 8.13. The van der Waals surface area contributed by atoms with E-state index in [2.05, 4.69) is 25.3 Å². The number of amidine groups is 1. The van der Waals surface area contributed by atoms with Crippen LogP contribution in [0, 0.1) is 0 Å². The lowest BCUT2D eigenvalue weighted by Gasteiger charge is -2.07. The molecule has 0 aliphatic heterocycles. The minimum Gasteiger partial charge on any atom is -0.477 e. The predicted molar refractivity (Wildman–Crippen MR) is 118 cm³/mol. The van der Waals surface area contributed by atoms with Crippen molar-refractivity contribution in [2.75, 3.05) is 11.9 Å². The first-order chi connectivity index (χ1) is 14.6. The maximum atomic E-state index is 12.4. The lowest BCUT2D eigenvalue weighted by atomic mass is 10.2. The topological polar surface area (TPSA) is 115 Å². The Balaban J connectivity index is 1.55. The molecule has 9 heteroatoms. The number of hydrogen-bond donors (Lipinski definition) is 2. The Bertz CT molecular complexity index is 996. The fourth-order valence-electron chi connectivity index (χ4n) is 2.45. The molecular formula is C21H22N6O2S. The molecule has 8 nitrogen and oxygen atoms in total. The van der Waals surface area contributed by atoms with Gasteiger partial charge in [0.15, 0.2) is 5.17 Å². The number of rotatable bonds is 8. The number of nitrogens with one attached hydrogen (secondary N) is 1. The van der Waals surface area contributed by atoms with E-state index in [1.807, 2.05) is 37.3 Å². The standard InChI is InChI=1S/C21H22N6O2S/c1-2-29-19-13-24-18(12-25-19)20(28)27-17-7-3-5-15(9-17)11-26-21(22)30-14-16-6-4-8-23-10-16/h3-10,12-13H,2,11,14H2,1H3,(H2,22,26)(H,27,28). The van der Waals surface area contributed by atoms with Crippen LogP contribution < -0.4 is 15.8 Å². The number of aliphatic imine (C=N–C) groups is 1. The molecule has 1 amide bonds. The summed E-state index contributed by atoms with van der Waals surface area (Å²) in [5.74, 6) is 0.744. The Hall–Kier alpha value is -3.46. The van der Waals surface area contributed by atoms with Gasteiger partial charge in [-0.3, -0.25) is 14.8 Å². The number of thioether (sulfide) groups is 1. The van der Waals surface area contributed by atoms with Gasteiger partial charge in [0.05, 0.1) is 25.5 Å². The van der Waals surface area contributed by atoms with Crippen molar-refractivity contribution in [3.8, 4) is 5.88 Å². The van der Waals surface area contributed by atoms with Gasteiger partial charge in [0.2, 0.25) is 5.88 Å². The molecule has 0 saturated carbocycles. The largest absolute Gasteiger partial charge is 0.477 e. The van der Waals surface area contributed by atoms with Crippen molar-refractivity contribution in [1.29, 1.82) is 0 Å². The first kappa shape index (κ1) is 21.3. The maximum Gasteiger partial charge on any atom is 0.275 e. The molecule has 154 valence electrons. The van der Waals surface area contributed by atoms with Crippen molar-refractivity contribution in [2.24, 2.45) is 10.7 Å². The summed E-state index contributed by atoms with van der Waals surface area (Å²) >= 11 is 1.46. The Kier molecular flexibility index (Phi) is 7.73. The molecule has 0 atom stereocenters. The van der Waals surface area contributed by atoms with E-state index in [4.69, 9.17) is 10.5 Å². The molecule has 0 unspecified atom stereocenters. The molecule has 3 rings (SSSR count). The number of carbonyl (C=O) groups is 1. The Morgan fingerprint density at radius 3 is 2.77 bits per heavy atom. The summed E-state index contributed by atoms with van der Waals surface area (Å²) in [6.45, 7) is 2.76. The molecule has 3 aromatic rings. The summed E-state index contributed by atoms with van der Waals surface area (Å²) in [5, 5.41) is 3.31. The van der Waals surface area contributed by atoms with Crippen molar-refractivity contribution in [1.82, 2.24) is 15.0 Å². The molecule has 0 aliphatic carbocycles. The molecule has 3 N–H and O–H groups in total. The highest BCUT2D eigenvalue weighted by Crippen LogP contribution is 2.15. The van der Waals surface area contributed by atoms with Gasteiger partial charge < -0.3 is 15.8 Å². The molecule has 2 heterocycles. The second-order valence-electron chi connectivity index (χ2n) is 6.13. The van der Waals surface area contributed by atoms with Crippen LogP contribution in [-0.2, 0) is 12.3 Å². The Morgan fingerprint density at radius 1 is 1.17 bits per heavy atom. The van der Waals surface area contributed by atoms with Crippen LogP contribution in [0.25, 0.3) is 0 Å². The second kappa shape index (κ2) is 10.9. The summed E-state index contributed by atoms with van der Waals surface area (Å²) < 4.78 is 5.23. The van der Waals surface area contributed by atoms with E-state index in [9.17, 15) is 4.79 Å².